The van der Waals surface area contributed by atoms with Crippen LogP contribution < -0.4 is 4.74 Å². The zero-order chi connectivity index (χ0) is 13.0. The number of alkyl halides is 1. The van der Waals surface area contributed by atoms with E-state index in [9.17, 15) is 0 Å². The van der Waals surface area contributed by atoms with Gasteiger partial charge in [-0.15, -0.1) is 11.6 Å². The van der Waals surface area contributed by atoms with E-state index in [0.29, 0.717) is 12.5 Å². The third kappa shape index (κ3) is 3.02. The fraction of sp³-hybridized carbons (Fsp3) is 0.267. The smallest absolute Gasteiger partial charge is 0.138 e. The second-order valence-corrected chi connectivity index (χ2v) is 4.55. The number of halogens is 1. The Morgan fingerprint density at radius 1 is 1.11 bits per heavy atom. The standard InChI is InChI=1S/C15H16ClNO/c1-11-4-3-5-12(2)15(11)10-18-14-7-6-13(8-16)17-9-14/h3-7,9H,8,10H2,1-2H3. The molecule has 0 unspecified atom stereocenters. The van der Waals surface area contributed by atoms with Crippen LogP contribution in [0.15, 0.2) is 36.5 Å². The molecule has 0 saturated heterocycles. The summed E-state index contributed by atoms with van der Waals surface area (Å²) >= 11 is 5.69. The molecule has 1 aromatic heterocycles. The molecule has 0 aliphatic rings. The monoisotopic (exact) mass is 261 g/mol. The molecule has 3 heteroatoms. The number of ether oxygens (including phenoxy) is 1. The van der Waals surface area contributed by atoms with E-state index in [4.69, 9.17) is 16.3 Å². The molecule has 0 aliphatic carbocycles. The van der Waals surface area contributed by atoms with Crippen molar-refractivity contribution in [1.29, 1.82) is 0 Å². The van der Waals surface area contributed by atoms with E-state index < -0.39 is 0 Å². The molecule has 0 aliphatic heterocycles. The lowest BCUT2D eigenvalue weighted by Crippen LogP contribution is -2.01. The van der Waals surface area contributed by atoms with Gasteiger partial charge in [-0.25, -0.2) is 0 Å². The highest BCUT2D eigenvalue weighted by Gasteiger charge is 2.03. The van der Waals surface area contributed by atoms with Gasteiger partial charge in [0.15, 0.2) is 0 Å². The fourth-order valence-electron chi connectivity index (χ4n) is 1.81. The zero-order valence-corrected chi connectivity index (χ0v) is 11.4. The van der Waals surface area contributed by atoms with Gasteiger partial charge in [0.1, 0.15) is 12.4 Å². The van der Waals surface area contributed by atoms with Crippen LogP contribution in [0.2, 0.25) is 0 Å². The van der Waals surface area contributed by atoms with Crippen molar-refractivity contribution in [2.45, 2.75) is 26.3 Å². The van der Waals surface area contributed by atoms with Crippen molar-refractivity contribution in [3.05, 3.63) is 58.9 Å². The van der Waals surface area contributed by atoms with E-state index in [1.807, 2.05) is 12.1 Å². The van der Waals surface area contributed by atoms with Crippen LogP contribution in [0.3, 0.4) is 0 Å². The average Bonchev–Trinajstić information content (AvgIpc) is 2.39. The molecule has 0 spiro atoms. The Morgan fingerprint density at radius 3 is 2.39 bits per heavy atom. The molecule has 0 N–H and O–H groups in total. The number of benzene rings is 1. The predicted octanol–water partition coefficient (Wildman–Crippen LogP) is 4.02. The molecular formula is C15H16ClNO. The first-order chi connectivity index (χ1) is 8.70. The van der Waals surface area contributed by atoms with Gasteiger partial charge in [-0.3, -0.25) is 4.98 Å². The first kappa shape index (κ1) is 12.9. The first-order valence-corrected chi connectivity index (χ1v) is 6.43. The Labute approximate surface area is 113 Å². The van der Waals surface area contributed by atoms with Crippen LogP contribution in [0.4, 0.5) is 0 Å². The molecule has 94 valence electrons. The second-order valence-electron chi connectivity index (χ2n) is 4.28. The van der Waals surface area contributed by atoms with Crippen LogP contribution in [-0.4, -0.2) is 4.98 Å². The molecule has 0 radical (unpaired) electrons. The van der Waals surface area contributed by atoms with Gasteiger partial charge in [-0.1, -0.05) is 18.2 Å². The van der Waals surface area contributed by atoms with E-state index in [0.717, 1.165) is 11.4 Å². The SMILES string of the molecule is Cc1cccc(C)c1COc1ccc(CCl)nc1. The van der Waals surface area contributed by atoms with Gasteiger partial charge < -0.3 is 4.74 Å². The molecule has 1 aromatic carbocycles. The first-order valence-electron chi connectivity index (χ1n) is 5.89. The molecule has 1 heterocycles. The molecule has 0 amide bonds. The maximum absolute atomic E-state index is 5.75. The molecule has 2 aromatic rings. The van der Waals surface area contributed by atoms with Gasteiger partial charge in [0.25, 0.3) is 0 Å². The summed E-state index contributed by atoms with van der Waals surface area (Å²) in [4.78, 5) is 4.20. The molecule has 0 saturated carbocycles. The Kier molecular flexibility index (Phi) is 4.21. The summed E-state index contributed by atoms with van der Waals surface area (Å²) in [7, 11) is 0. The average molecular weight is 262 g/mol. The normalized spacial score (nSPS) is 10.4. The molecule has 0 fully saturated rings. The number of hydrogen-bond acceptors (Lipinski definition) is 2. The van der Waals surface area contributed by atoms with Crippen LogP contribution in [-0.2, 0) is 12.5 Å². The number of hydrogen-bond donors (Lipinski definition) is 0. The van der Waals surface area contributed by atoms with E-state index in [2.05, 4.69) is 37.0 Å². The number of rotatable bonds is 4. The van der Waals surface area contributed by atoms with Crippen LogP contribution >= 0.6 is 11.6 Å². The molecular weight excluding hydrogens is 246 g/mol. The van der Waals surface area contributed by atoms with Gasteiger partial charge in [-0.05, 0) is 42.7 Å². The Morgan fingerprint density at radius 2 is 1.83 bits per heavy atom. The third-order valence-corrected chi connectivity index (χ3v) is 3.24. The lowest BCUT2D eigenvalue weighted by Gasteiger charge is -2.11. The van der Waals surface area contributed by atoms with Crippen molar-refractivity contribution >= 4 is 11.6 Å². The maximum Gasteiger partial charge on any atom is 0.138 e. The molecule has 2 nitrogen and oxygen atoms in total. The summed E-state index contributed by atoms with van der Waals surface area (Å²) in [6.07, 6.45) is 1.71. The Balaban J connectivity index is 2.06. The quantitative estimate of drug-likeness (QED) is 0.776. The summed E-state index contributed by atoms with van der Waals surface area (Å²) < 4.78 is 5.75. The van der Waals surface area contributed by atoms with Crippen LogP contribution in [0.1, 0.15) is 22.4 Å². The second kappa shape index (κ2) is 5.87. The highest BCUT2D eigenvalue weighted by atomic mass is 35.5. The van der Waals surface area contributed by atoms with E-state index in [1.165, 1.54) is 16.7 Å². The van der Waals surface area contributed by atoms with Crippen LogP contribution in [0.25, 0.3) is 0 Å². The Bertz CT molecular complexity index is 502. The van der Waals surface area contributed by atoms with Crippen molar-refractivity contribution in [2.24, 2.45) is 0 Å². The molecule has 0 atom stereocenters. The van der Waals surface area contributed by atoms with Crippen molar-refractivity contribution in [3.63, 3.8) is 0 Å². The number of pyridine rings is 1. The third-order valence-electron chi connectivity index (χ3n) is 2.96. The van der Waals surface area contributed by atoms with Crippen LogP contribution in [0, 0.1) is 13.8 Å². The summed E-state index contributed by atoms with van der Waals surface area (Å²) in [5.74, 6) is 1.20. The predicted molar refractivity (Wildman–Crippen MR) is 74.0 cm³/mol. The number of aromatic nitrogens is 1. The highest BCUT2D eigenvalue weighted by molar-refractivity contribution is 6.16. The van der Waals surface area contributed by atoms with Gasteiger partial charge in [0.2, 0.25) is 0 Å². The minimum Gasteiger partial charge on any atom is -0.487 e. The van der Waals surface area contributed by atoms with Gasteiger partial charge in [0, 0.05) is 0 Å². The van der Waals surface area contributed by atoms with Crippen molar-refractivity contribution in [3.8, 4) is 5.75 Å². The summed E-state index contributed by atoms with van der Waals surface area (Å²) in [6.45, 7) is 4.77. The minimum absolute atomic E-state index is 0.428. The van der Waals surface area contributed by atoms with Crippen LogP contribution in [0.5, 0.6) is 5.75 Å². The van der Waals surface area contributed by atoms with Crippen molar-refractivity contribution in [2.75, 3.05) is 0 Å². The topological polar surface area (TPSA) is 22.1 Å². The maximum atomic E-state index is 5.75. The van der Waals surface area contributed by atoms with Gasteiger partial charge >= 0.3 is 0 Å². The van der Waals surface area contributed by atoms with Crippen molar-refractivity contribution in [1.82, 2.24) is 4.98 Å². The minimum atomic E-state index is 0.428. The zero-order valence-electron chi connectivity index (χ0n) is 10.6. The van der Waals surface area contributed by atoms with Crippen molar-refractivity contribution < 1.29 is 4.74 Å². The number of nitrogens with zero attached hydrogens (tertiary/aromatic N) is 1. The molecule has 2 rings (SSSR count). The van der Waals surface area contributed by atoms with E-state index in [-0.39, 0.29) is 0 Å². The summed E-state index contributed by atoms with van der Waals surface area (Å²) in [6, 6.07) is 10.0. The fourth-order valence-corrected chi connectivity index (χ4v) is 1.97. The number of aryl methyl sites for hydroxylation is 2. The Hall–Kier alpha value is -1.54. The lowest BCUT2D eigenvalue weighted by molar-refractivity contribution is 0.303. The molecule has 18 heavy (non-hydrogen) atoms. The highest BCUT2D eigenvalue weighted by Crippen LogP contribution is 2.17. The summed E-state index contributed by atoms with van der Waals surface area (Å²) in [5.41, 5.74) is 4.59. The van der Waals surface area contributed by atoms with E-state index >= 15 is 0 Å². The largest absolute Gasteiger partial charge is 0.487 e. The lowest BCUT2D eigenvalue weighted by atomic mass is 10.0. The summed E-state index contributed by atoms with van der Waals surface area (Å²) in [5, 5.41) is 0. The van der Waals surface area contributed by atoms with E-state index in [1.54, 1.807) is 6.20 Å². The van der Waals surface area contributed by atoms with Gasteiger partial charge in [0.05, 0.1) is 17.8 Å². The van der Waals surface area contributed by atoms with Gasteiger partial charge in [-0.2, -0.15) is 0 Å². The molecule has 0 bridgehead atoms.